The number of anilines is 1. The molecule has 2 aliphatic heterocycles. The van der Waals surface area contributed by atoms with E-state index in [1.165, 1.54) is 37.7 Å². The fourth-order valence-electron chi connectivity index (χ4n) is 5.92. The summed E-state index contributed by atoms with van der Waals surface area (Å²) in [5, 5.41) is 0. The Labute approximate surface area is 192 Å². The van der Waals surface area contributed by atoms with Crippen molar-refractivity contribution in [3.63, 3.8) is 0 Å². The normalized spacial score (nSPS) is 21.7. The van der Waals surface area contributed by atoms with Gasteiger partial charge >= 0.3 is 0 Å². The van der Waals surface area contributed by atoms with E-state index in [2.05, 4.69) is 42.2 Å². The molecule has 1 saturated carbocycles. The standard InChI is InChI=1S/C27H36N4O/c1-21-12-18-31(19-13-21)26-28-20-23(25(32)30-16-8-3-9-17-30)24(29-26)27(14-6-7-15-27)22-10-4-2-5-11-22/h2,4-5,10-11,20-21H,3,6-9,12-19H2,1H3. The van der Waals surface area contributed by atoms with Gasteiger partial charge in [-0.05, 0) is 56.4 Å². The summed E-state index contributed by atoms with van der Waals surface area (Å²) in [7, 11) is 0. The third-order valence-corrected chi connectivity index (χ3v) is 7.95. The summed E-state index contributed by atoms with van der Waals surface area (Å²) >= 11 is 0. The average Bonchev–Trinajstić information content (AvgIpc) is 3.36. The number of hydrogen-bond donors (Lipinski definition) is 0. The van der Waals surface area contributed by atoms with Crippen molar-refractivity contribution in [1.82, 2.24) is 14.9 Å². The second-order valence-corrected chi connectivity index (χ2v) is 10.1. The fraction of sp³-hybridized carbons (Fsp3) is 0.593. The van der Waals surface area contributed by atoms with Gasteiger partial charge in [0.1, 0.15) is 0 Å². The molecule has 0 radical (unpaired) electrons. The van der Waals surface area contributed by atoms with Crippen LogP contribution in [-0.2, 0) is 5.41 Å². The third-order valence-electron chi connectivity index (χ3n) is 7.95. The van der Waals surface area contributed by atoms with E-state index in [0.29, 0.717) is 0 Å². The summed E-state index contributed by atoms with van der Waals surface area (Å²) in [5.41, 5.74) is 2.80. The number of likely N-dealkylation sites (tertiary alicyclic amines) is 1. The van der Waals surface area contributed by atoms with Crippen LogP contribution in [0, 0.1) is 5.92 Å². The zero-order valence-corrected chi connectivity index (χ0v) is 19.4. The Balaban J connectivity index is 1.60. The van der Waals surface area contributed by atoms with Crippen LogP contribution in [0.5, 0.6) is 0 Å². The minimum absolute atomic E-state index is 0.126. The van der Waals surface area contributed by atoms with E-state index in [1.807, 2.05) is 11.1 Å². The summed E-state index contributed by atoms with van der Waals surface area (Å²) in [6, 6.07) is 10.8. The smallest absolute Gasteiger partial charge is 0.257 e. The largest absolute Gasteiger partial charge is 0.341 e. The van der Waals surface area contributed by atoms with Gasteiger partial charge in [-0.25, -0.2) is 9.97 Å². The molecule has 1 aliphatic carbocycles. The molecule has 1 amide bonds. The van der Waals surface area contributed by atoms with E-state index >= 15 is 0 Å². The zero-order chi connectivity index (χ0) is 22.0. The van der Waals surface area contributed by atoms with E-state index in [-0.39, 0.29) is 11.3 Å². The Bertz CT molecular complexity index is 924. The van der Waals surface area contributed by atoms with Crippen LogP contribution < -0.4 is 4.90 Å². The van der Waals surface area contributed by atoms with Crippen molar-refractivity contribution in [3.05, 3.63) is 53.3 Å². The molecule has 5 rings (SSSR count). The number of nitrogens with zero attached hydrogens (tertiary/aromatic N) is 4. The lowest BCUT2D eigenvalue weighted by Gasteiger charge is -2.35. The fourth-order valence-corrected chi connectivity index (χ4v) is 5.92. The molecule has 2 saturated heterocycles. The molecular weight excluding hydrogens is 396 g/mol. The van der Waals surface area contributed by atoms with Crippen LogP contribution in [0.1, 0.15) is 86.3 Å². The molecule has 1 aromatic heterocycles. The predicted octanol–water partition coefficient (Wildman–Crippen LogP) is 5.20. The number of amides is 1. The van der Waals surface area contributed by atoms with Crippen LogP contribution in [0.15, 0.2) is 36.5 Å². The van der Waals surface area contributed by atoms with Gasteiger partial charge in [0.15, 0.2) is 0 Å². The highest BCUT2D eigenvalue weighted by Gasteiger charge is 2.42. The topological polar surface area (TPSA) is 49.3 Å². The molecule has 3 aliphatic rings. The molecule has 0 atom stereocenters. The molecule has 0 bridgehead atoms. The van der Waals surface area contributed by atoms with Gasteiger partial charge in [0, 0.05) is 37.8 Å². The summed E-state index contributed by atoms with van der Waals surface area (Å²) in [6.07, 6.45) is 12.1. The van der Waals surface area contributed by atoms with Crippen LogP contribution >= 0.6 is 0 Å². The van der Waals surface area contributed by atoms with Gasteiger partial charge in [0.05, 0.1) is 11.3 Å². The maximum atomic E-state index is 13.7. The van der Waals surface area contributed by atoms with E-state index < -0.39 is 0 Å². The van der Waals surface area contributed by atoms with Gasteiger partial charge in [0.25, 0.3) is 5.91 Å². The minimum atomic E-state index is -0.192. The Kier molecular flexibility index (Phi) is 6.16. The third kappa shape index (κ3) is 4.02. The van der Waals surface area contributed by atoms with Crippen molar-refractivity contribution in [2.45, 2.75) is 70.1 Å². The van der Waals surface area contributed by atoms with Crippen molar-refractivity contribution in [1.29, 1.82) is 0 Å². The summed E-state index contributed by atoms with van der Waals surface area (Å²) < 4.78 is 0. The lowest BCUT2D eigenvalue weighted by Crippen LogP contribution is -2.39. The van der Waals surface area contributed by atoms with Gasteiger partial charge in [-0.2, -0.15) is 0 Å². The van der Waals surface area contributed by atoms with Crippen LogP contribution in [0.25, 0.3) is 0 Å². The maximum absolute atomic E-state index is 13.7. The van der Waals surface area contributed by atoms with Gasteiger partial charge in [0.2, 0.25) is 5.95 Å². The Morgan fingerprint density at radius 3 is 2.31 bits per heavy atom. The van der Waals surface area contributed by atoms with Crippen LogP contribution in [0.2, 0.25) is 0 Å². The highest BCUT2D eigenvalue weighted by molar-refractivity contribution is 5.95. The van der Waals surface area contributed by atoms with Crippen molar-refractivity contribution in [3.8, 4) is 0 Å². The molecule has 5 nitrogen and oxygen atoms in total. The number of aromatic nitrogens is 2. The van der Waals surface area contributed by atoms with Crippen molar-refractivity contribution in [2.75, 3.05) is 31.1 Å². The molecule has 32 heavy (non-hydrogen) atoms. The molecule has 0 spiro atoms. The van der Waals surface area contributed by atoms with E-state index in [0.717, 1.165) is 75.0 Å². The van der Waals surface area contributed by atoms with Gasteiger partial charge in [-0.3, -0.25) is 4.79 Å². The van der Waals surface area contributed by atoms with Crippen LogP contribution in [-0.4, -0.2) is 47.0 Å². The van der Waals surface area contributed by atoms with Gasteiger partial charge in [-0.15, -0.1) is 0 Å². The number of carbonyl (C=O) groups excluding carboxylic acids is 1. The minimum Gasteiger partial charge on any atom is -0.341 e. The first kappa shape index (κ1) is 21.4. The first-order chi connectivity index (χ1) is 15.7. The molecular formula is C27H36N4O. The van der Waals surface area contributed by atoms with Crippen LogP contribution in [0.3, 0.4) is 0 Å². The quantitative estimate of drug-likeness (QED) is 0.666. The van der Waals surface area contributed by atoms with E-state index in [4.69, 9.17) is 9.97 Å². The van der Waals surface area contributed by atoms with Crippen LogP contribution in [0.4, 0.5) is 5.95 Å². The number of hydrogen-bond acceptors (Lipinski definition) is 4. The first-order valence-corrected chi connectivity index (χ1v) is 12.6. The van der Waals surface area contributed by atoms with E-state index in [9.17, 15) is 4.79 Å². The summed E-state index contributed by atoms with van der Waals surface area (Å²) in [5.74, 6) is 1.70. The average molecular weight is 433 g/mol. The number of rotatable bonds is 4. The molecule has 3 heterocycles. The number of benzene rings is 1. The SMILES string of the molecule is CC1CCN(c2ncc(C(=O)N3CCCCC3)c(C3(c4ccccc4)CCCC3)n2)CC1. The zero-order valence-electron chi connectivity index (χ0n) is 19.4. The Hall–Kier alpha value is -2.43. The van der Waals surface area contributed by atoms with Crippen molar-refractivity contribution in [2.24, 2.45) is 5.92 Å². The molecule has 0 unspecified atom stereocenters. The first-order valence-electron chi connectivity index (χ1n) is 12.6. The molecule has 3 fully saturated rings. The second-order valence-electron chi connectivity index (χ2n) is 10.1. The second kappa shape index (κ2) is 9.21. The summed E-state index contributed by atoms with van der Waals surface area (Å²) in [6.45, 7) is 6.02. The number of carbonyl (C=O) groups is 1. The van der Waals surface area contributed by atoms with Gasteiger partial charge < -0.3 is 9.80 Å². The number of piperidine rings is 2. The monoisotopic (exact) mass is 432 g/mol. The molecule has 2 aromatic rings. The molecule has 5 heteroatoms. The van der Waals surface area contributed by atoms with E-state index in [1.54, 1.807) is 0 Å². The van der Waals surface area contributed by atoms with Gasteiger partial charge in [-0.1, -0.05) is 50.1 Å². The van der Waals surface area contributed by atoms with Crippen molar-refractivity contribution < 1.29 is 4.79 Å². The highest BCUT2D eigenvalue weighted by atomic mass is 16.2. The summed E-state index contributed by atoms with van der Waals surface area (Å²) in [4.78, 5) is 28.1. The highest BCUT2D eigenvalue weighted by Crippen LogP contribution is 2.47. The van der Waals surface area contributed by atoms with Crippen molar-refractivity contribution >= 4 is 11.9 Å². The molecule has 0 N–H and O–H groups in total. The maximum Gasteiger partial charge on any atom is 0.257 e. The molecule has 1 aromatic carbocycles. The predicted molar refractivity (Wildman–Crippen MR) is 128 cm³/mol. The Morgan fingerprint density at radius 2 is 1.62 bits per heavy atom. The lowest BCUT2D eigenvalue weighted by atomic mass is 9.74. The Morgan fingerprint density at radius 1 is 0.938 bits per heavy atom. The lowest BCUT2D eigenvalue weighted by molar-refractivity contribution is 0.0720. The molecule has 170 valence electrons.